The van der Waals surface area contributed by atoms with Crippen molar-refractivity contribution in [3.8, 4) is 11.1 Å². The minimum atomic E-state index is -0.927. The number of rotatable bonds is 47. The third-order valence-electron chi connectivity index (χ3n) is 17.0. The molecule has 4 aromatic rings. The van der Waals surface area contributed by atoms with Crippen molar-refractivity contribution in [1.29, 1.82) is 0 Å². The van der Waals surface area contributed by atoms with Crippen molar-refractivity contribution in [2.75, 3.05) is 92.0 Å². The number of esters is 2. The van der Waals surface area contributed by atoms with Crippen molar-refractivity contribution in [1.82, 2.24) is 46.0 Å². The fourth-order valence-corrected chi connectivity index (χ4v) is 12.1. The number of nitrogens with zero attached hydrogens (tertiary/aromatic N) is 5. The van der Waals surface area contributed by atoms with Crippen LogP contribution in [0.15, 0.2) is 47.3 Å². The predicted octanol–water partition coefficient (Wildman–Crippen LogP) is 7.59. The summed E-state index contributed by atoms with van der Waals surface area (Å²) in [5.41, 5.74) is 2.60. The van der Waals surface area contributed by atoms with Gasteiger partial charge in [-0.05, 0) is 103 Å². The van der Waals surface area contributed by atoms with Crippen LogP contribution in [0.2, 0.25) is 0 Å². The monoisotopic (exact) mass is 1360 g/mol. The lowest BCUT2D eigenvalue weighted by Crippen LogP contribution is -2.42. The number of methoxy groups -OCH3 is 2. The van der Waals surface area contributed by atoms with Gasteiger partial charge in [-0.25, -0.2) is 19.7 Å². The van der Waals surface area contributed by atoms with Crippen molar-refractivity contribution in [2.24, 2.45) is 23.2 Å². The highest BCUT2D eigenvalue weighted by Gasteiger charge is 2.68. The molecule has 0 aliphatic heterocycles. The van der Waals surface area contributed by atoms with E-state index in [-0.39, 0.29) is 151 Å². The first kappa shape index (κ1) is 74.9. The van der Waals surface area contributed by atoms with Gasteiger partial charge in [-0.2, -0.15) is 5.10 Å². The number of aromatic nitrogens is 5. The second-order valence-electron chi connectivity index (χ2n) is 24.1. The van der Waals surface area contributed by atoms with Gasteiger partial charge in [-0.1, -0.05) is 89.2 Å². The van der Waals surface area contributed by atoms with Gasteiger partial charge in [0.2, 0.25) is 29.5 Å². The number of carbonyl (C=O) groups excluding carboxylic acids is 9. The number of carbonyl (C=O) groups is 9. The summed E-state index contributed by atoms with van der Waals surface area (Å²) < 4.78 is 33.6. The van der Waals surface area contributed by atoms with E-state index in [1.807, 2.05) is 31.2 Å². The average molecular weight is 1360 g/mol. The molecule has 1 unspecified atom stereocenters. The van der Waals surface area contributed by atoms with Gasteiger partial charge in [-0.15, -0.1) is 0 Å². The summed E-state index contributed by atoms with van der Waals surface area (Å²) >= 11 is 3.38. The fourth-order valence-electron chi connectivity index (χ4n) is 11.8. The minimum absolute atomic E-state index is 0.000296. The number of fused-ring (bicyclic) bond motifs is 2. The van der Waals surface area contributed by atoms with Crippen LogP contribution in [0.25, 0.3) is 22.0 Å². The van der Waals surface area contributed by atoms with Gasteiger partial charge < -0.3 is 55.0 Å². The molecule has 0 spiro atoms. The van der Waals surface area contributed by atoms with Crippen LogP contribution in [0, 0.1) is 37.0 Å². The largest absolute Gasteiger partial charge is 0.469 e. The molecule has 0 radical (unpaired) electrons. The number of amides is 5. The van der Waals surface area contributed by atoms with Gasteiger partial charge in [0, 0.05) is 81.0 Å². The van der Waals surface area contributed by atoms with Crippen LogP contribution in [-0.2, 0) is 73.3 Å². The molecule has 0 bridgehead atoms. The summed E-state index contributed by atoms with van der Waals surface area (Å²) in [7, 11) is 2.67. The Hall–Kier alpha value is -7.13. The highest BCUT2D eigenvalue weighted by atomic mass is 79.9. The number of hydrogen-bond acceptors (Lipinski definition) is 19. The predicted molar refractivity (Wildman–Crippen MR) is 349 cm³/mol. The first-order valence-corrected chi connectivity index (χ1v) is 33.5. The van der Waals surface area contributed by atoms with E-state index in [2.05, 4.69) is 67.3 Å². The minimum Gasteiger partial charge on any atom is -0.469 e. The van der Waals surface area contributed by atoms with Crippen LogP contribution in [-0.4, -0.2) is 171 Å². The van der Waals surface area contributed by atoms with Crippen molar-refractivity contribution < 1.29 is 71.6 Å². The van der Waals surface area contributed by atoms with Crippen molar-refractivity contribution in [2.45, 2.75) is 162 Å². The molecule has 25 nitrogen and oxygen atoms in total. The Kier molecular flexibility index (Phi) is 32.4. The summed E-state index contributed by atoms with van der Waals surface area (Å²) in [6.45, 7) is 6.09. The van der Waals surface area contributed by atoms with Gasteiger partial charge >= 0.3 is 11.9 Å². The molecule has 5 amide bonds. The van der Waals surface area contributed by atoms with E-state index in [1.165, 1.54) is 77.2 Å². The Bertz CT molecular complexity index is 3110. The van der Waals surface area contributed by atoms with E-state index in [4.69, 9.17) is 23.7 Å². The molecular formula is C67H95BrN10O15. The Labute approximate surface area is 553 Å². The molecule has 510 valence electrons. The molecule has 5 N–H and O–H groups in total. The maximum atomic E-state index is 14.6. The lowest BCUT2D eigenvalue weighted by molar-refractivity contribution is -0.145. The SMILES string of the molecule is COC(=O)CCCCCCCCCCCCCCCCC(=O)N[C@@H](CCC(=O)NCCOCCOCC(=O)NCCOCCOCC(=O)NC[C@@]12C[C@@H](C(=O)Nc3nc(Br)ccc3C)C(C(=O)Cn3nc(C(C)=O)c4cc(-c5cnc(C)nc5)ccc43)[C@@H]1C2)C(=O)OC. The Morgan fingerprint density at radius 1 is 0.645 bits per heavy atom. The molecule has 3 heterocycles. The number of pyridine rings is 1. The van der Waals surface area contributed by atoms with E-state index in [0.717, 1.165) is 55.2 Å². The second-order valence-corrected chi connectivity index (χ2v) is 24.9. The van der Waals surface area contributed by atoms with Crippen molar-refractivity contribution >= 4 is 85.7 Å². The molecule has 2 saturated carbocycles. The third kappa shape index (κ3) is 25.6. The number of nitrogens with one attached hydrogen (secondary N) is 5. The standard InChI is InChI=1S/C67H95BrN10O15/c1-45-22-26-56(68)75-64(45)76-65(86)51-37-67(38-52(67)62(51)55(80)41-78-54-25-23-48(49-39-71-47(3)72-40-49)36-50(54)63(77-78)46(2)79)44-73-60(84)43-93-35-33-91-31-29-70-59(83)42-92-34-32-90-30-28-69-57(81)27-24-53(66(87)89-5)74-58(82)20-18-16-14-12-10-8-6-7-9-11-13-15-17-19-21-61(85)88-4/h22-23,25-26,36,39-40,51-53,62H,6-21,24,27-35,37-38,41-44H2,1-5H3,(H,69,81)(H,70,83)(H,73,84)(H,74,82)(H,75,76,86)/t51-,52+,53+,62?,67+/m1/s1. The van der Waals surface area contributed by atoms with E-state index in [1.54, 1.807) is 25.4 Å². The highest BCUT2D eigenvalue weighted by molar-refractivity contribution is 9.10. The third-order valence-corrected chi connectivity index (χ3v) is 17.4. The molecule has 6 rings (SSSR count). The van der Waals surface area contributed by atoms with Crippen LogP contribution < -0.4 is 26.6 Å². The van der Waals surface area contributed by atoms with Gasteiger partial charge in [0.1, 0.15) is 47.7 Å². The summed E-state index contributed by atoms with van der Waals surface area (Å²) in [5, 5.41) is 19.2. The van der Waals surface area contributed by atoms with E-state index in [0.29, 0.717) is 52.8 Å². The smallest absolute Gasteiger partial charge is 0.328 e. The maximum Gasteiger partial charge on any atom is 0.328 e. The summed E-state index contributed by atoms with van der Waals surface area (Å²) in [6.07, 6.45) is 20.9. The number of benzene rings is 1. The number of anilines is 1. The van der Waals surface area contributed by atoms with E-state index < -0.39 is 29.3 Å². The zero-order chi connectivity index (χ0) is 67.0. The lowest BCUT2D eigenvalue weighted by atomic mass is 9.86. The molecular weight excluding hydrogens is 1260 g/mol. The molecule has 3 aromatic heterocycles. The van der Waals surface area contributed by atoms with Crippen LogP contribution in [0.4, 0.5) is 5.82 Å². The first-order chi connectivity index (χ1) is 44.9. The van der Waals surface area contributed by atoms with Crippen LogP contribution in [0.5, 0.6) is 0 Å². The van der Waals surface area contributed by atoms with Crippen LogP contribution >= 0.6 is 15.9 Å². The van der Waals surface area contributed by atoms with Gasteiger partial charge in [0.05, 0.1) is 59.4 Å². The number of halogens is 1. The zero-order valence-corrected chi connectivity index (χ0v) is 56.3. The molecule has 5 atom stereocenters. The number of ether oxygens (including phenoxy) is 6. The topological polar surface area (TPSA) is 326 Å². The van der Waals surface area contributed by atoms with Crippen LogP contribution in [0.1, 0.15) is 157 Å². The van der Waals surface area contributed by atoms with Gasteiger partial charge in [0.25, 0.3) is 0 Å². The Morgan fingerprint density at radius 2 is 1.23 bits per heavy atom. The van der Waals surface area contributed by atoms with Crippen molar-refractivity contribution in [3.05, 3.63) is 64.4 Å². The number of unbranched alkanes of at least 4 members (excludes halogenated alkanes) is 13. The molecule has 0 saturated heterocycles. The van der Waals surface area contributed by atoms with Gasteiger partial charge in [-0.3, -0.25) is 43.0 Å². The fraction of sp³-hybridized carbons (Fsp3) is 0.627. The Balaban J connectivity index is 0.773. The second kappa shape index (κ2) is 40.2. The number of aryl methyl sites for hydroxylation is 2. The maximum absolute atomic E-state index is 14.6. The summed E-state index contributed by atoms with van der Waals surface area (Å²) in [5.74, 6) is -3.45. The quantitative estimate of drug-likeness (QED) is 0.0123. The lowest BCUT2D eigenvalue weighted by Gasteiger charge is -2.22. The molecule has 2 aliphatic rings. The molecule has 93 heavy (non-hydrogen) atoms. The van der Waals surface area contributed by atoms with Crippen molar-refractivity contribution in [3.63, 3.8) is 0 Å². The molecule has 26 heteroatoms. The van der Waals surface area contributed by atoms with E-state index >= 15 is 0 Å². The number of ketones is 2. The van der Waals surface area contributed by atoms with Crippen LogP contribution in [0.3, 0.4) is 0 Å². The van der Waals surface area contributed by atoms with E-state index in [9.17, 15) is 43.2 Å². The molecule has 2 aliphatic carbocycles. The molecule has 2 fully saturated rings. The average Bonchev–Trinajstić information content (AvgIpc) is 1.54. The number of Topliss-reactive ketones (excluding diaryl/α,β-unsaturated/α-hetero) is 2. The normalized spacial score (nSPS) is 16.6. The summed E-state index contributed by atoms with van der Waals surface area (Å²) in [6, 6.07) is 8.19. The highest BCUT2D eigenvalue weighted by Crippen LogP contribution is 2.68. The number of hydrogen-bond donors (Lipinski definition) is 5. The van der Waals surface area contributed by atoms with Gasteiger partial charge in [0.15, 0.2) is 11.6 Å². The summed E-state index contributed by atoms with van der Waals surface area (Å²) in [4.78, 5) is 129. The first-order valence-electron chi connectivity index (χ1n) is 32.7. The zero-order valence-electron chi connectivity index (χ0n) is 54.7. The molecule has 1 aromatic carbocycles. The Morgan fingerprint density at radius 3 is 1.83 bits per heavy atom.